The molecule has 0 aliphatic heterocycles. The molecule has 0 aliphatic rings. The largest absolute Gasteiger partial charge is 0.288 e. The smallest absolute Gasteiger partial charge is 0.261 e. The Morgan fingerprint density at radius 3 is 2.43 bits per heavy atom. The average molecular weight is 437 g/mol. The molecule has 30 heavy (non-hydrogen) atoms. The van der Waals surface area contributed by atoms with Gasteiger partial charge in [-0.25, -0.2) is 8.78 Å². The highest BCUT2D eigenvalue weighted by Gasteiger charge is 2.18. The van der Waals surface area contributed by atoms with Crippen molar-refractivity contribution >= 4 is 40.1 Å². The summed E-state index contributed by atoms with van der Waals surface area (Å²) in [6, 6.07) is 19.5. The van der Waals surface area contributed by atoms with E-state index >= 15 is 0 Å². The van der Waals surface area contributed by atoms with Gasteiger partial charge in [0.2, 0.25) is 0 Å². The Hall–Kier alpha value is -3.16. The predicted octanol–water partition coefficient (Wildman–Crippen LogP) is 6.04. The Labute approximate surface area is 179 Å². The molecule has 3 nitrogen and oxygen atoms in total. The number of hydrogen-bond donors (Lipinski definition) is 0. The Bertz CT molecular complexity index is 1530. The molecule has 2 heterocycles. The normalized spacial score (nSPS) is 11.4. The Morgan fingerprint density at radius 2 is 1.67 bits per heavy atom. The third kappa shape index (κ3) is 3.07. The third-order valence-electron chi connectivity index (χ3n) is 5.00. The molecule has 0 spiro atoms. The zero-order valence-electron chi connectivity index (χ0n) is 15.5. The number of para-hydroxylation sites is 1. The Balaban J connectivity index is 1.90. The SMILES string of the molecule is O=c1c2ccccc2n2c(=S)sc(-c3cccc(F)c3)c2n1Cc1ccc(F)cc1. The van der Waals surface area contributed by atoms with E-state index in [0.717, 1.165) is 5.56 Å². The fraction of sp³-hybridized carbons (Fsp3) is 0.0435. The summed E-state index contributed by atoms with van der Waals surface area (Å²) in [6.45, 7) is 0.237. The molecule has 5 aromatic rings. The van der Waals surface area contributed by atoms with E-state index in [2.05, 4.69) is 0 Å². The maximum absolute atomic E-state index is 13.9. The number of hydrogen-bond acceptors (Lipinski definition) is 3. The fourth-order valence-corrected chi connectivity index (χ4v) is 5.07. The van der Waals surface area contributed by atoms with Gasteiger partial charge < -0.3 is 0 Å². The highest BCUT2D eigenvalue weighted by atomic mass is 32.1. The van der Waals surface area contributed by atoms with Gasteiger partial charge >= 0.3 is 0 Å². The quantitative estimate of drug-likeness (QED) is 0.323. The van der Waals surface area contributed by atoms with Crippen molar-refractivity contribution in [3.8, 4) is 10.4 Å². The van der Waals surface area contributed by atoms with Crippen LogP contribution in [0.1, 0.15) is 5.56 Å². The maximum Gasteiger partial charge on any atom is 0.261 e. The molecule has 0 radical (unpaired) electrons. The van der Waals surface area contributed by atoms with Crippen LogP contribution in [0.3, 0.4) is 0 Å². The van der Waals surface area contributed by atoms with Crippen LogP contribution in [-0.2, 0) is 6.54 Å². The molecule has 0 N–H and O–H groups in total. The van der Waals surface area contributed by atoms with E-state index in [9.17, 15) is 13.6 Å². The zero-order chi connectivity index (χ0) is 20.8. The van der Waals surface area contributed by atoms with Crippen LogP contribution >= 0.6 is 23.6 Å². The van der Waals surface area contributed by atoms with Crippen LogP contribution in [0.4, 0.5) is 8.78 Å². The summed E-state index contributed by atoms with van der Waals surface area (Å²) in [4.78, 5) is 14.2. The van der Waals surface area contributed by atoms with E-state index in [1.807, 2.05) is 16.5 Å². The first-order valence-electron chi connectivity index (χ1n) is 9.20. The third-order valence-corrected chi connectivity index (χ3v) is 6.42. The van der Waals surface area contributed by atoms with Crippen LogP contribution in [0.2, 0.25) is 0 Å². The second-order valence-electron chi connectivity index (χ2n) is 6.90. The summed E-state index contributed by atoms with van der Waals surface area (Å²) in [6.07, 6.45) is 0. The van der Waals surface area contributed by atoms with Gasteiger partial charge in [0, 0.05) is 0 Å². The second kappa shape index (κ2) is 7.27. The summed E-state index contributed by atoms with van der Waals surface area (Å²) in [5.74, 6) is -0.703. The van der Waals surface area contributed by atoms with E-state index in [0.29, 0.717) is 30.9 Å². The van der Waals surface area contributed by atoms with Crippen LogP contribution < -0.4 is 5.56 Å². The molecule has 0 bridgehead atoms. The summed E-state index contributed by atoms with van der Waals surface area (Å²) >= 11 is 6.97. The first-order valence-corrected chi connectivity index (χ1v) is 10.4. The van der Waals surface area contributed by atoms with Crippen molar-refractivity contribution in [3.63, 3.8) is 0 Å². The lowest BCUT2D eigenvalue weighted by Crippen LogP contribution is -2.23. The van der Waals surface area contributed by atoms with Gasteiger partial charge in [0.1, 0.15) is 17.3 Å². The summed E-state index contributed by atoms with van der Waals surface area (Å²) in [5, 5.41) is 0.534. The zero-order valence-corrected chi connectivity index (χ0v) is 17.1. The van der Waals surface area contributed by atoms with Crippen molar-refractivity contribution in [3.05, 3.63) is 104 Å². The number of halogens is 2. The molecular formula is C23H14F2N2OS2. The van der Waals surface area contributed by atoms with Gasteiger partial charge in [-0.1, -0.05) is 36.4 Å². The molecule has 0 amide bonds. The monoisotopic (exact) mass is 436 g/mol. The molecule has 0 saturated carbocycles. The van der Waals surface area contributed by atoms with E-state index in [1.54, 1.807) is 41.0 Å². The topological polar surface area (TPSA) is 26.4 Å². The standard InChI is InChI=1S/C23H14F2N2OS2/c24-16-10-8-14(9-11-16)13-26-21-20(15-4-3-5-17(25)12-15)30-23(29)27(21)19-7-2-1-6-18(19)22(26)28/h1-12H,13H2. The number of benzene rings is 3. The van der Waals surface area contributed by atoms with Gasteiger partial charge in [-0.05, 0) is 59.7 Å². The molecule has 0 fully saturated rings. The Morgan fingerprint density at radius 1 is 0.900 bits per heavy atom. The van der Waals surface area contributed by atoms with Gasteiger partial charge in [-0.3, -0.25) is 13.8 Å². The minimum absolute atomic E-state index is 0.180. The summed E-state index contributed by atoms with van der Waals surface area (Å²) in [7, 11) is 0. The van der Waals surface area contributed by atoms with Crippen LogP contribution in [0.15, 0.2) is 77.6 Å². The molecule has 5 rings (SSSR count). The molecule has 7 heteroatoms. The van der Waals surface area contributed by atoms with Crippen LogP contribution in [0.5, 0.6) is 0 Å². The van der Waals surface area contributed by atoms with E-state index in [4.69, 9.17) is 12.2 Å². The van der Waals surface area contributed by atoms with Crippen molar-refractivity contribution in [2.45, 2.75) is 6.54 Å². The highest BCUT2D eigenvalue weighted by Crippen LogP contribution is 2.33. The minimum Gasteiger partial charge on any atom is -0.288 e. The van der Waals surface area contributed by atoms with Crippen LogP contribution in [0, 0.1) is 15.6 Å². The average Bonchev–Trinajstić information content (AvgIpc) is 3.10. The number of aromatic nitrogens is 2. The lowest BCUT2D eigenvalue weighted by molar-refractivity contribution is 0.626. The van der Waals surface area contributed by atoms with Crippen molar-refractivity contribution in [1.29, 1.82) is 0 Å². The van der Waals surface area contributed by atoms with Crippen molar-refractivity contribution in [2.24, 2.45) is 0 Å². The lowest BCUT2D eigenvalue weighted by Gasteiger charge is -2.13. The van der Waals surface area contributed by atoms with Gasteiger partial charge in [-0.2, -0.15) is 0 Å². The van der Waals surface area contributed by atoms with Crippen molar-refractivity contribution in [2.75, 3.05) is 0 Å². The maximum atomic E-state index is 13.9. The molecule has 3 aromatic carbocycles. The fourth-order valence-electron chi connectivity index (χ4n) is 3.65. The van der Waals surface area contributed by atoms with E-state index in [1.165, 1.54) is 35.6 Å². The molecule has 0 saturated heterocycles. The lowest BCUT2D eigenvalue weighted by atomic mass is 10.1. The number of fused-ring (bicyclic) bond motifs is 3. The van der Waals surface area contributed by atoms with Gasteiger partial charge in [0.25, 0.3) is 5.56 Å². The first kappa shape index (κ1) is 18.8. The van der Waals surface area contributed by atoms with Crippen molar-refractivity contribution in [1.82, 2.24) is 8.97 Å². The molecule has 0 atom stereocenters. The van der Waals surface area contributed by atoms with Gasteiger partial charge in [0.05, 0.1) is 22.3 Å². The van der Waals surface area contributed by atoms with Crippen LogP contribution in [0.25, 0.3) is 27.0 Å². The highest BCUT2D eigenvalue weighted by molar-refractivity contribution is 7.73. The van der Waals surface area contributed by atoms with Gasteiger partial charge in [-0.15, -0.1) is 11.3 Å². The summed E-state index contributed by atoms with van der Waals surface area (Å²) in [5.41, 5.74) is 2.55. The molecular weight excluding hydrogens is 422 g/mol. The molecule has 0 aliphatic carbocycles. The number of thiazole rings is 1. The minimum atomic E-state index is -0.363. The van der Waals surface area contributed by atoms with Crippen molar-refractivity contribution < 1.29 is 8.78 Å². The van der Waals surface area contributed by atoms with E-state index in [-0.39, 0.29) is 23.7 Å². The van der Waals surface area contributed by atoms with Crippen LogP contribution in [-0.4, -0.2) is 8.97 Å². The second-order valence-corrected chi connectivity index (χ2v) is 8.55. The predicted molar refractivity (Wildman–Crippen MR) is 119 cm³/mol. The van der Waals surface area contributed by atoms with E-state index < -0.39 is 0 Å². The first-order chi connectivity index (χ1) is 14.5. The molecule has 148 valence electrons. The number of rotatable bonds is 3. The molecule has 2 aromatic heterocycles. The summed E-state index contributed by atoms with van der Waals surface area (Å²) < 4.78 is 31.4. The number of nitrogens with zero attached hydrogens (tertiary/aromatic N) is 2. The Kier molecular flexibility index (Phi) is 4.56. The van der Waals surface area contributed by atoms with Gasteiger partial charge in [0.15, 0.2) is 3.95 Å². The molecule has 0 unspecified atom stereocenters.